The maximum Gasteiger partial charge on any atom is 0.333 e. The predicted octanol–water partition coefficient (Wildman–Crippen LogP) is 4.35. The highest BCUT2D eigenvalue weighted by Gasteiger charge is 2.06. The van der Waals surface area contributed by atoms with Gasteiger partial charge in [0, 0.05) is 12.0 Å². The number of aromatic amines is 1. The van der Waals surface area contributed by atoms with Crippen LogP contribution in [-0.2, 0) is 22.4 Å². The van der Waals surface area contributed by atoms with Crippen molar-refractivity contribution in [2.24, 2.45) is 0 Å². The van der Waals surface area contributed by atoms with Crippen LogP contribution in [0.4, 0.5) is 0 Å². The standard InChI is InChI=1S/C19H26N2O2/c1-4-5-6-8-15-10-11-16-17(13-15)21-18(20-16)9-7-12-23-19(22)14(2)3/h10-11,13H,2,4-9,12H2,1,3H3,(H,20,21). The molecule has 4 heteroatoms. The summed E-state index contributed by atoms with van der Waals surface area (Å²) in [7, 11) is 0. The average Bonchev–Trinajstić information content (AvgIpc) is 2.93. The first-order valence-corrected chi connectivity index (χ1v) is 8.40. The second-order valence-corrected chi connectivity index (χ2v) is 6.01. The van der Waals surface area contributed by atoms with Gasteiger partial charge in [0.2, 0.25) is 0 Å². The van der Waals surface area contributed by atoms with Crippen molar-refractivity contribution in [3.63, 3.8) is 0 Å². The topological polar surface area (TPSA) is 55.0 Å². The van der Waals surface area contributed by atoms with Gasteiger partial charge in [-0.25, -0.2) is 9.78 Å². The van der Waals surface area contributed by atoms with E-state index in [1.165, 1.54) is 24.8 Å². The lowest BCUT2D eigenvalue weighted by Gasteiger charge is -2.02. The maximum absolute atomic E-state index is 11.3. The summed E-state index contributed by atoms with van der Waals surface area (Å²) in [5, 5.41) is 0. The number of ether oxygens (including phenoxy) is 1. The highest BCUT2D eigenvalue weighted by Crippen LogP contribution is 2.16. The fourth-order valence-corrected chi connectivity index (χ4v) is 2.49. The van der Waals surface area contributed by atoms with Gasteiger partial charge >= 0.3 is 5.97 Å². The van der Waals surface area contributed by atoms with Crippen LogP contribution in [0.5, 0.6) is 0 Å². The van der Waals surface area contributed by atoms with Crippen LogP contribution in [0.1, 0.15) is 50.9 Å². The summed E-state index contributed by atoms with van der Waals surface area (Å²) in [4.78, 5) is 19.3. The van der Waals surface area contributed by atoms with E-state index in [4.69, 9.17) is 4.74 Å². The largest absolute Gasteiger partial charge is 0.462 e. The fraction of sp³-hybridized carbons (Fsp3) is 0.474. The third-order valence-electron chi connectivity index (χ3n) is 3.80. The van der Waals surface area contributed by atoms with Crippen molar-refractivity contribution >= 4 is 17.0 Å². The molecule has 124 valence electrons. The molecular weight excluding hydrogens is 288 g/mol. The molecule has 1 aromatic carbocycles. The Morgan fingerprint density at radius 3 is 2.83 bits per heavy atom. The van der Waals surface area contributed by atoms with Gasteiger partial charge in [-0.1, -0.05) is 32.4 Å². The van der Waals surface area contributed by atoms with Gasteiger partial charge in [0.1, 0.15) is 5.82 Å². The third kappa shape index (κ3) is 5.23. The molecule has 0 spiro atoms. The van der Waals surface area contributed by atoms with Crippen molar-refractivity contribution in [3.8, 4) is 0 Å². The van der Waals surface area contributed by atoms with Crippen LogP contribution in [0.3, 0.4) is 0 Å². The van der Waals surface area contributed by atoms with E-state index in [1.807, 2.05) is 0 Å². The number of aromatic nitrogens is 2. The number of benzene rings is 1. The predicted molar refractivity (Wildman–Crippen MR) is 93.4 cm³/mol. The minimum atomic E-state index is -0.327. The Kier molecular flexibility index (Phi) is 6.39. The molecule has 0 aliphatic carbocycles. The Labute approximate surface area is 138 Å². The molecular formula is C19H26N2O2. The number of fused-ring (bicyclic) bond motifs is 1. The van der Waals surface area contributed by atoms with Crippen LogP contribution in [0.15, 0.2) is 30.4 Å². The van der Waals surface area contributed by atoms with Crippen molar-refractivity contribution < 1.29 is 9.53 Å². The van der Waals surface area contributed by atoms with E-state index in [1.54, 1.807) is 6.92 Å². The van der Waals surface area contributed by atoms with Gasteiger partial charge in [-0.05, 0) is 43.9 Å². The zero-order valence-electron chi connectivity index (χ0n) is 14.2. The molecule has 0 fully saturated rings. The zero-order valence-corrected chi connectivity index (χ0v) is 14.2. The van der Waals surface area contributed by atoms with Crippen molar-refractivity contribution in [2.75, 3.05) is 6.61 Å². The molecule has 0 aliphatic rings. The number of esters is 1. The van der Waals surface area contributed by atoms with Crippen molar-refractivity contribution in [1.82, 2.24) is 9.97 Å². The Morgan fingerprint density at radius 1 is 1.26 bits per heavy atom. The lowest BCUT2D eigenvalue weighted by Crippen LogP contribution is -2.07. The molecule has 4 nitrogen and oxygen atoms in total. The lowest BCUT2D eigenvalue weighted by molar-refractivity contribution is -0.139. The molecule has 0 radical (unpaired) electrons. The van der Waals surface area contributed by atoms with E-state index in [0.29, 0.717) is 12.2 Å². The molecule has 0 aliphatic heterocycles. The minimum absolute atomic E-state index is 0.327. The van der Waals surface area contributed by atoms with Crippen molar-refractivity contribution in [3.05, 3.63) is 41.7 Å². The van der Waals surface area contributed by atoms with Gasteiger partial charge in [-0.2, -0.15) is 0 Å². The minimum Gasteiger partial charge on any atom is -0.462 e. The van der Waals surface area contributed by atoms with Gasteiger partial charge in [0.25, 0.3) is 0 Å². The molecule has 0 amide bonds. The number of hydrogen-bond donors (Lipinski definition) is 1. The first-order valence-electron chi connectivity index (χ1n) is 8.40. The Hall–Kier alpha value is -2.10. The van der Waals surface area contributed by atoms with Crippen LogP contribution in [-0.4, -0.2) is 22.5 Å². The molecule has 2 rings (SSSR count). The Bertz CT molecular complexity index is 673. The second-order valence-electron chi connectivity index (χ2n) is 6.01. The van der Waals surface area contributed by atoms with Crippen LogP contribution in [0, 0.1) is 0 Å². The highest BCUT2D eigenvalue weighted by atomic mass is 16.5. The highest BCUT2D eigenvalue weighted by molar-refractivity contribution is 5.86. The average molecular weight is 314 g/mol. The Morgan fingerprint density at radius 2 is 2.09 bits per heavy atom. The van der Waals surface area contributed by atoms with Crippen LogP contribution in [0.2, 0.25) is 0 Å². The molecule has 0 unspecified atom stereocenters. The van der Waals surface area contributed by atoms with E-state index in [-0.39, 0.29) is 5.97 Å². The maximum atomic E-state index is 11.3. The van der Waals surface area contributed by atoms with E-state index in [9.17, 15) is 4.79 Å². The van der Waals surface area contributed by atoms with Gasteiger partial charge < -0.3 is 9.72 Å². The van der Waals surface area contributed by atoms with Gasteiger partial charge in [-0.15, -0.1) is 0 Å². The van der Waals surface area contributed by atoms with E-state index < -0.39 is 0 Å². The number of aryl methyl sites for hydroxylation is 2. The number of unbranched alkanes of at least 4 members (excludes halogenated alkanes) is 2. The lowest BCUT2D eigenvalue weighted by atomic mass is 10.1. The zero-order chi connectivity index (χ0) is 16.7. The molecule has 0 saturated carbocycles. The van der Waals surface area contributed by atoms with Crippen molar-refractivity contribution in [1.29, 1.82) is 0 Å². The molecule has 1 heterocycles. The SMILES string of the molecule is C=C(C)C(=O)OCCCc1nc2ccc(CCCCC)cc2[nH]1. The van der Waals surface area contributed by atoms with Gasteiger partial charge in [-0.3, -0.25) is 0 Å². The number of nitrogens with zero attached hydrogens (tertiary/aromatic N) is 1. The number of rotatable bonds is 9. The summed E-state index contributed by atoms with van der Waals surface area (Å²) in [6.45, 7) is 7.83. The summed E-state index contributed by atoms with van der Waals surface area (Å²) >= 11 is 0. The van der Waals surface area contributed by atoms with Crippen LogP contribution < -0.4 is 0 Å². The van der Waals surface area contributed by atoms with Gasteiger partial charge in [0.15, 0.2) is 0 Å². The van der Waals surface area contributed by atoms with Crippen LogP contribution in [0.25, 0.3) is 11.0 Å². The smallest absolute Gasteiger partial charge is 0.333 e. The van der Waals surface area contributed by atoms with E-state index >= 15 is 0 Å². The van der Waals surface area contributed by atoms with Crippen molar-refractivity contribution in [2.45, 2.75) is 52.4 Å². The van der Waals surface area contributed by atoms with E-state index in [2.05, 4.69) is 41.7 Å². The summed E-state index contributed by atoms with van der Waals surface area (Å²) < 4.78 is 5.09. The summed E-state index contributed by atoms with van der Waals surface area (Å²) in [5.74, 6) is 0.614. The van der Waals surface area contributed by atoms with Gasteiger partial charge in [0.05, 0.1) is 17.6 Å². The molecule has 0 bridgehead atoms. The quantitative estimate of drug-likeness (QED) is 0.425. The second kappa shape index (κ2) is 8.51. The molecule has 1 aromatic heterocycles. The fourth-order valence-electron chi connectivity index (χ4n) is 2.49. The normalized spacial score (nSPS) is 10.9. The van der Waals surface area contributed by atoms with Crippen LogP contribution >= 0.6 is 0 Å². The molecule has 0 saturated heterocycles. The number of imidazole rings is 1. The molecule has 2 aromatic rings. The molecule has 1 N–H and O–H groups in total. The first-order chi connectivity index (χ1) is 11.1. The monoisotopic (exact) mass is 314 g/mol. The summed E-state index contributed by atoms with van der Waals surface area (Å²) in [6.07, 6.45) is 6.39. The number of carbonyl (C=O) groups is 1. The number of H-pyrrole nitrogens is 1. The molecule has 0 atom stereocenters. The Balaban J connectivity index is 1.87. The number of nitrogens with one attached hydrogen (secondary N) is 1. The number of carbonyl (C=O) groups excluding carboxylic acids is 1. The van der Waals surface area contributed by atoms with E-state index in [0.717, 1.165) is 36.1 Å². The first kappa shape index (κ1) is 17.3. The third-order valence-corrected chi connectivity index (χ3v) is 3.80. The summed E-state index contributed by atoms with van der Waals surface area (Å²) in [6, 6.07) is 6.44. The molecule has 23 heavy (non-hydrogen) atoms. The summed E-state index contributed by atoms with van der Waals surface area (Å²) in [5.41, 5.74) is 3.88. The number of hydrogen-bond acceptors (Lipinski definition) is 3.